The van der Waals surface area contributed by atoms with Gasteiger partial charge in [-0.05, 0) is 37.1 Å². The van der Waals surface area contributed by atoms with Gasteiger partial charge in [-0.2, -0.15) is 4.98 Å². The fourth-order valence-corrected chi connectivity index (χ4v) is 3.00. The van der Waals surface area contributed by atoms with Gasteiger partial charge in [0.05, 0.1) is 12.5 Å². The molecule has 4 nitrogen and oxygen atoms in total. The van der Waals surface area contributed by atoms with Crippen LogP contribution in [0.5, 0.6) is 0 Å². The van der Waals surface area contributed by atoms with Crippen molar-refractivity contribution in [3.63, 3.8) is 0 Å². The molecular formula is C15H18BrN3O. The summed E-state index contributed by atoms with van der Waals surface area (Å²) in [4.78, 5) is 4.54. The van der Waals surface area contributed by atoms with E-state index in [0.717, 1.165) is 23.3 Å². The summed E-state index contributed by atoms with van der Waals surface area (Å²) in [6, 6.07) is 8.42. The van der Waals surface area contributed by atoms with Crippen molar-refractivity contribution in [1.29, 1.82) is 0 Å². The fraction of sp³-hybridized carbons (Fsp3) is 0.467. The summed E-state index contributed by atoms with van der Waals surface area (Å²) in [6.45, 7) is 1.04. The molecule has 1 fully saturated rings. The van der Waals surface area contributed by atoms with Crippen LogP contribution in [0.4, 0.5) is 0 Å². The first-order valence-corrected chi connectivity index (χ1v) is 7.91. The summed E-state index contributed by atoms with van der Waals surface area (Å²) >= 11 is 3.48. The molecule has 1 N–H and O–H groups in total. The summed E-state index contributed by atoms with van der Waals surface area (Å²) in [7, 11) is 0. The van der Waals surface area contributed by atoms with Crippen LogP contribution in [0.3, 0.4) is 0 Å². The highest BCUT2D eigenvalue weighted by Gasteiger charge is 2.19. The second-order valence-electron chi connectivity index (χ2n) is 5.21. The maximum absolute atomic E-state index is 5.39. The third-order valence-electron chi connectivity index (χ3n) is 3.60. The van der Waals surface area contributed by atoms with E-state index in [1.54, 1.807) is 0 Å². The Labute approximate surface area is 127 Å². The van der Waals surface area contributed by atoms with Crippen LogP contribution in [0.25, 0.3) is 0 Å². The minimum Gasteiger partial charge on any atom is -0.339 e. The number of aromatic nitrogens is 2. The van der Waals surface area contributed by atoms with Crippen molar-refractivity contribution in [2.24, 2.45) is 0 Å². The number of halogens is 1. The molecule has 0 bridgehead atoms. The van der Waals surface area contributed by atoms with Crippen molar-refractivity contribution in [3.05, 3.63) is 46.0 Å². The summed E-state index contributed by atoms with van der Waals surface area (Å²) in [5.41, 5.74) is 1.17. The molecule has 0 spiro atoms. The second kappa shape index (κ2) is 6.50. The first-order valence-electron chi connectivity index (χ1n) is 7.11. The number of nitrogens with one attached hydrogen (secondary N) is 1. The first-order chi connectivity index (χ1) is 9.81. The molecule has 20 heavy (non-hydrogen) atoms. The molecule has 5 heteroatoms. The summed E-state index contributed by atoms with van der Waals surface area (Å²) in [6.07, 6.45) is 5.52. The lowest BCUT2D eigenvalue weighted by atomic mass is 10.1. The summed E-state index contributed by atoms with van der Waals surface area (Å²) in [5.74, 6) is 1.49. The lowest BCUT2D eigenvalue weighted by molar-refractivity contribution is 0.369. The Balaban J connectivity index is 1.70. The number of benzene rings is 1. The quantitative estimate of drug-likeness (QED) is 0.930. The normalized spacial score (nSPS) is 19.8. The zero-order valence-corrected chi connectivity index (χ0v) is 12.9. The summed E-state index contributed by atoms with van der Waals surface area (Å²) in [5, 5.41) is 7.63. The highest BCUT2D eigenvalue weighted by molar-refractivity contribution is 9.10. The molecule has 0 amide bonds. The minimum absolute atomic E-state index is 0.248. The summed E-state index contributed by atoms with van der Waals surface area (Å²) < 4.78 is 6.46. The van der Waals surface area contributed by atoms with Gasteiger partial charge in [-0.1, -0.05) is 46.1 Å². The number of hydrogen-bond donors (Lipinski definition) is 1. The molecule has 0 saturated carbocycles. The lowest BCUT2D eigenvalue weighted by Crippen LogP contribution is -2.21. The van der Waals surface area contributed by atoms with E-state index in [0.29, 0.717) is 12.3 Å². The smallest absolute Gasteiger partial charge is 0.231 e. The predicted molar refractivity (Wildman–Crippen MR) is 80.5 cm³/mol. The molecule has 0 aliphatic carbocycles. The fourth-order valence-electron chi connectivity index (χ4n) is 2.55. The SMILES string of the molecule is Brc1cccc(Cc2nc(C3CCCCCN3)no2)c1. The van der Waals surface area contributed by atoms with Gasteiger partial charge in [0.15, 0.2) is 5.82 Å². The van der Waals surface area contributed by atoms with Gasteiger partial charge in [-0.15, -0.1) is 0 Å². The van der Waals surface area contributed by atoms with Crippen LogP contribution >= 0.6 is 15.9 Å². The van der Waals surface area contributed by atoms with E-state index < -0.39 is 0 Å². The number of nitrogens with zero attached hydrogens (tertiary/aromatic N) is 2. The predicted octanol–water partition coefficient (Wildman–Crippen LogP) is 3.63. The van der Waals surface area contributed by atoms with Crippen molar-refractivity contribution in [2.75, 3.05) is 6.54 Å². The Kier molecular flexibility index (Phi) is 4.47. The Morgan fingerprint density at radius 1 is 1.30 bits per heavy atom. The third kappa shape index (κ3) is 3.46. The topological polar surface area (TPSA) is 51.0 Å². The molecule has 1 atom stereocenters. The van der Waals surface area contributed by atoms with Gasteiger partial charge >= 0.3 is 0 Å². The van der Waals surface area contributed by atoms with Crippen molar-refractivity contribution in [1.82, 2.24) is 15.5 Å². The molecule has 1 aromatic carbocycles. The maximum atomic E-state index is 5.39. The average molecular weight is 336 g/mol. The zero-order valence-electron chi connectivity index (χ0n) is 11.3. The molecule has 1 aromatic heterocycles. The highest BCUT2D eigenvalue weighted by atomic mass is 79.9. The molecule has 106 valence electrons. The Bertz CT molecular complexity index is 562. The minimum atomic E-state index is 0.248. The van der Waals surface area contributed by atoms with Gasteiger partial charge in [-0.25, -0.2) is 0 Å². The molecule has 1 aliphatic heterocycles. The van der Waals surface area contributed by atoms with E-state index in [-0.39, 0.29) is 6.04 Å². The van der Waals surface area contributed by atoms with E-state index in [2.05, 4.69) is 43.5 Å². The van der Waals surface area contributed by atoms with Crippen molar-refractivity contribution < 1.29 is 4.52 Å². The van der Waals surface area contributed by atoms with Crippen LogP contribution in [-0.4, -0.2) is 16.7 Å². The van der Waals surface area contributed by atoms with Crippen molar-refractivity contribution in [3.8, 4) is 0 Å². The maximum Gasteiger partial charge on any atom is 0.231 e. The molecule has 1 aliphatic rings. The Hall–Kier alpha value is -1.20. The van der Waals surface area contributed by atoms with Gasteiger partial charge in [-0.3, -0.25) is 0 Å². The van der Waals surface area contributed by atoms with Gasteiger partial charge in [0.25, 0.3) is 0 Å². The van der Waals surface area contributed by atoms with E-state index in [9.17, 15) is 0 Å². The van der Waals surface area contributed by atoms with Crippen LogP contribution in [-0.2, 0) is 6.42 Å². The molecule has 0 radical (unpaired) electrons. The van der Waals surface area contributed by atoms with E-state index in [1.165, 1.54) is 24.8 Å². The van der Waals surface area contributed by atoms with Gasteiger partial charge in [0, 0.05) is 4.47 Å². The largest absolute Gasteiger partial charge is 0.339 e. The van der Waals surface area contributed by atoms with E-state index >= 15 is 0 Å². The van der Waals surface area contributed by atoms with Gasteiger partial charge in [0.1, 0.15) is 0 Å². The third-order valence-corrected chi connectivity index (χ3v) is 4.09. The standard InChI is InChI=1S/C15H18BrN3O/c16-12-6-4-5-11(9-12)10-14-18-15(19-20-14)13-7-2-1-3-8-17-13/h4-6,9,13,17H,1-3,7-8,10H2. The van der Waals surface area contributed by atoms with Crippen LogP contribution in [0, 0.1) is 0 Å². The van der Waals surface area contributed by atoms with Crippen LogP contribution < -0.4 is 5.32 Å². The lowest BCUT2D eigenvalue weighted by Gasteiger charge is -2.09. The average Bonchev–Trinajstić information content (AvgIpc) is 2.73. The number of rotatable bonds is 3. The van der Waals surface area contributed by atoms with Crippen LogP contribution in [0.2, 0.25) is 0 Å². The highest BCUT2D eigenvalue weighted by Crippen LogP contribution is 2.21. The van der Waals surface area contributed by atoms with Crippen molar-refractivity contribution >= 4 is 15.9 Å². The monoisotopic (exact) mass is 335 g/mol. The molecular weight excluding hydrogens is 318 g/mol. The molecule has 1 saturated heterocycles. The Morgan fingerprint density at radius 2 is 2.25 bits per heavy atom. The van der Waals surface area contributed by atoms with Gasteiger partial charge < -0.3 is 9.84 Å². The molecule has 2 aromatic rings. The zero-order chi connectivity index (χ0) is 13.8. The van der Waals surface area contributed by atoms with Crippen LogP contribution in [0.1, 0.15) is 49.0 Å². The molecule has 2 heterocycles. The number of hydrogen-bond acceptors (Lipinski definition) is 4. The molecule has 1 unspecified atom stereocenters. The van der Waals surface area contributed by atoms with E-state index in [1.807, 2.05) is 12.1 Å². The Morgan fingerprint density at radius 3 is 3.15 bits per heavy atom. The van der Waals surface area contributed by atoms with E-state index in [4.69, 9.17) is 4.52 Å². The second-order valence-corrected chi connectivity index (χ2v) is 6.12. The first kappa shape index (κ1) is 13.8. The molecule has 3 rings (SSSR count). The van der Waals surface area contributed by atoms with Crippen LogP contribution in [0.15, 0.2) is 33.3 Å². The van der Waals surface area contributed by atoms with Crippen molar-refractivity contribution in [2.45, 2.75) is 38.1 Å². The van der Waals surface area contributed by atoms with Gasteiger partial charge in [0.2, 0.25) is 5.89 Å².